The maximum absolute atomic E-state index is 12.5. The van der Waals surface area contributed by atoms with Gasteiger partial charge >= 0.3 is 23.7 Å². The van der Waals surface area contributed by atoms with Crippen molar-refractivity contribution in [1.29, 1.82) is 0 Å². The van der Waals surface area contributed by atoms with Gasteiger partial charge in [0.25, 0.3) is 0 Å². The van der Waals surface area contributed by atoms with E-state index >= 15 is 0 Å². The van der Waals surface area contributed by atoms with Crippen LogP contribution in [0.5, 0.6) is 11.5 Å². The van der Waals surface area contributed by atoms with E-state index in [0.29, 0.717) is 67.0 Å². The highest BCUT2D eigenvalue weighted by Crippen LogP contribution is 2.45. The Balaban J connectivity index is 0.000000221. The second kappa shape index (κ2) is 20.9. The number of carbonyl (C=O) groups is 3. The number of ether oxygens (including phenoxy) is 5. The Hall–Kier alpha value is -7.32. The third-order valence-corrected chi connectivity index (χ3v) is 12.1. The number of aromatic nitrogens is 1. The van der Waals surface area contributed by atoms with E-state index in [4.69, 9.17) is 28.1 Å². The number of aliphatic hydroxyl groups is 1. The van der Waals surface area contributed by atoms with Gasteiger partial charge in [0.1, 0.15) is 0 Å². The number of rotatable bonds is 14. The molecule has 1 aromatic heterocycles. The number of esters is 3. The van der Waals surface area contributed by atoms with Gasteiger partial charge in [-0.1, -0.05) is 18.2 Å². The molecule has 0 aliphatic carbocycles. The standard InChI is InChI=1S/C27H31NO6.C26H28N2O5/c1-16-11-19(13-22(23(16)15-29)27(31)33-6)21(9-7-8-10-25(30)32-5)20-12-17(2)26-24(14-20)28(4)18(3)34-26;1-15-11-18(13-21-24(15)32-17(3)27(21)4)20(9-7-8-10-23(29)31-6)19-12-16(2)25-22(14-19)28(5)26(30)33-25/h9,11-14,29H,3,7-8,10,15H2,1-2,4-6H3;9,11-14H,3,7-8,10H2,1-2,4-6H3/b21-9+;20-9-. The average Bonchev–Trinajstić information content (AvgIpc) is 3.89. The molecule has 4 aromatic carbocycles. The van der Waals surface area contributed by atoms with Crippen LogP contribution < -0.4 is 25.0 Å². The number of allylic oxidation sites excluding steroid dienone is 2. The van der Waals surface area contributed by atoms with Crippen molar-refractivity contribution in [3.8, 4) is 11.5 Å². The Morgan fingerprint density at radius 3 is 1.55 bits per heavy atom. The van der Waals surface area contributed by atoms with E-state index < -0.39 is 5.97 Å². The Kier molecular flexibility index (Phi) is 15.3. The minimum Gasteiger partial charge on any atom is -0.469 e. The van der Waals surface area contributed by atoms with Crippen LogP contribution in [0.15, 0.2) is 94.8 Å². The molecule has 352 valence electrons. The summed E-state index contributed by atoms with van der Waals surface area (Å²) in [5.41, 5.74) is 13.3. The second-order valence-electron chi connectivity index (χ2n) is 16.6. The molecular weight excluding hydrogens is 855 g/mol. The van der Waals surface area contributed by atoms with Crippen LogP contribution in [0.4, 0.5) is 11.4 Å². The lowest BCUT2D eigenvalue weighted by atomic mass is 9.90. The van der Waals surface area contributed by atoms with Crippen molar-refractivity contribution in [2.24, 2.45) is 7.05 Å². The Morgan fingerprint density at radius 2 is 1.09 bits per heavy atom. The molecule has 2 aliphatic rings. The summed E-state index contributed by atoms with van der Waals surface area (Å²) in [5, 5.41) is 9.84. The van der Waals surface area contributed by atoms with E-state index in [9.17, 15) is 24.3 Å². The Labute approximate surface area is 390 Å². The molecule has 67 heavy (non-hydrogen) atoms. The number of nitrogens with zero attached hydrogens (tertiary/aromatic N) is 3. The molecule has 14 heteroatoms. The Morgan fingerprint density at radius 1 is 0.642 bits per heavy atom. The monoisotopic (exact) mass is 913 g/mol. The number of aryl methyl sites for hydroxylation is 5. The quantitative estimate of drug-likeness (QED) is 0.0638. The number of oxazole rings is 1. The lowest BCUT2D eigenvalue weighted by Crippen LogP contribution is -2.11. The number of hydrogen-bond acceptors (Lipinski definition) is 13. The maximum atomic E-state index is 12.5. The summed E-state index contributed by atoms with van der Waals surface area (Å²) >= 11 is 0. The maximum Gasteiger partial charge on any atom is 0.419 e. The number of unbranched alkanes of at least 4 members (excludes halogenated alkanes) is 2. The number of methoxy groups -OCH3 is 3. The highest BCUT2D eigenvalue weighted by Gasteiger charge is 2.27. The predicted octanol–water partition coefficient (Wildman–Crippen LogP) is 9.48. The van der Waals surface area contributed by atoms with Crippen molar-refractivity contribution in [2.75, 3.05) is 45.2 Å². The highest BCUT2D eigenvalue weighted by atomic mass is 16.5. The third kappa shape index (κ3) is 10.4. The molecule has 0 radical (unpaired) electrons. The molecule has 7 rings (SSSR count). The zero-order valence-electron chi connectivity index (χ0n) is 40.0. The summed E-state index contributed by atoms with van der Waals surface area (Å²) in [6.45, 7) is 15.4. The van der Waals surface area contributed by atoms with E-state index in [1.165, 1.54) is 25.9 Å². The molecule has 0 saturated carbocycles. The van der Waals surface area contributed by atoms with Gasteiger partial charge in [0.2, 0.25) is 0 Å². The molecule has 0 bridgehead atoms. The summed E-state index contributed by atoms with van der Waals surface area (Å²) in [6, 6.07) is 15.9. The number of benzene rings is 4. The number of fused-ring (bicyclic) bond motifs is 3. The van der Waals surface area contributed by atoms with Crippen LogP contribution in [-0.4, -0.2) is 63.0 Å². The van der Waals surface area contributed by atoms with Gasteiger partial charge in [-0.15, -0.1) is 0 Å². The van der Waals surface area contributed by atoms with Crippen molar-refractivity contribution in [3.63, 3.8) is 0 Å². The fourth-order valence-corrected chi connectivity index (χ4v) is 8.24. The van der Waals surface area contributed by atoms with Crippen molar-refractivity contribution in [2.45, 2.75) is 72.8 Å². The van der Waals surface area contributed by atoms with Crippen molar-refractivity contribution >= 4 is 51.5 Å². The van der Waals surface area contributed by atoms with E-state index in [1.54, 1.807) is 13.1 Å². The van der Waals surface area contributed by atoms with Crippen LogP contribution in [0.2, 0.25) is 0 Å². The molecule has 0 spiro atoms. The molecule has 5 aromatic rings. The van der Waals surface area contributed by atoms with Gasteiger partial charge in [0.05, 0.1) is 50.4 Å². The number of anilines is 2. The summed E-state index contributed by atoms with van der Waals surface area (Å²) in [4.78, 5) is 51.5. The van der Waals surface area contributed by atoms with E-state index in [2.05, 4.69) is 37.4 Å². The second-order valence-corrected chi connectivity index (χ2v) is 16.6. The van der Waals surface area contributed by atoms with Crippen molar-refractivity contribution in [1.82, 2.24) is 4.57 Å². The average molecular weight is 914 g/mol. The van der Waals surface area contributed by atoms with Crippen molar-refractivity contribution < 1.29 is 47.6 Å². The first-order valence-electron chi connectivity index (χ1n) is 21.9. The largest absolute Gasteiger partial charge is 0.469 e. The van der Waals surface area contributed by atoms with Gasteiger partial charge in [-0.2, -0.15) is 0 Å². The van der Waals surface area contributed by atoms with Gasteiger partial charge < -0.3 is 43.0 Å². The number of carbonyl (C=O) groups excluding carboxylic acids is 3. The molecule has 0 atom stereocenters. The SMILES string of the molecule is C=C1Oc2c(C)cc(/C(=C/CCCC(=O)OC)c3cc(C)c(CO)c(C(=O)OC)c3)cc2N1C.C=C1Oc2c(C)cc(/C(=C/CCCC(=O)OC)c3cc(C)c4oc(=O)n(C)c4c3)cc2N1C. The minimum atomic E-state index is -0.506. The van der Waals surface area contributed by atoms with Crippen LogP contribution in [0.1, 0.15) is 99.0 Å². The van der Waals surface area contributed by atoms with Crippen LogP contribution in [0, 0.1) is 27.7 Å². The van der Waals surface area contributed by atoms with E-state index in [-0.39, 0.29) is 24.3 Å². The normalized spacial score (nSPS) is 13.2. The zero-order valence-corrected chi connectivity index (χ0v) is 40.0. The summed E-state index contributed by atoms with van der Waals surface area (Å²) in [6.07, 6.45) is 7.48. The fourth-order valence-electron chi connectivity index (χ4n) is 8.24. The van der Waals surface area contributed by atoms with Crippen LogP contribution >= 0.6 is 0 Å². The molecule has 0 amide bonds. The van der Waals surface area contributed by atoms with Gasteiger partial charge in [-0.3, -0.25) is 14.2 Å². The zero-order chi connectivity index (χ0) is 48.9. The highest BCUT2D eigenvalue weighted by molar-refractivity contribution is 5.94. The van der Waals surface area contributed by atoms with Gasteiger partial charge in [0, 0.05) is 34.0 Å². The van der Waals surface area contributed by atoms with Crippen LogP contribution in [0.25, 0.3) is 22.2 Å². The summed E-state index contributed by atoms with van der Waals surface area (Å²) in [7, 11) is 9.62. The lowest BCUT2D eigenvalue weighted by Gasteiger charge is -2.17. The molecule has 0 unspecified atom stereocenters. The van der Waals surface area contributed by atoms with E-state index in [0.717, 1.165) is 84.0 Å². The molecule has 14 nitrogen and oxygen atoms in total. The first kappa shape index (κ1) is 49.1. The number of hydrogen-bond donors (Lipinski definition) is 1. The van der Waals surface area contributed by atoms with Gasteiger partial charge in [0.15, 0.2) is 28.8 Å². The molecular formula is C53H59N3O11. The minimum absolute atomic E-state index is 0.221. The molecule has 1 N–H and O–H groups in total. The third-order valence-electron chi connectivity index (χ3n) is 12.1. The van der Waals surface area contributed by atoms with Crippen molar-refractivity contribution in [3.05, 3.63) is 152 Å². The van der Waals surface area contributed by atoms with Crippen LogP contribution in [-0.2, 0) is 37.5 Å². The fraction of sp³-hybridized carbons (Fsp3) is 0.321. The van der Waals surface area contributed by atoms with E-state index in [1.807, 2.05) is 81.9 Å². The van der Waals surface area contributed by atoms with Gasteiger partial charge in [-0.25, -0.2) is 9.59 Å². The Bertz CT molecular complexity index is 2910. The first-order chi connectivity index (χ1) is 31.9. The first-order valence-corrected chi connectivity index (χ1v) is 21.9. The molecule has 0 fully saturated rings. The summed E-state index contributed by atoms with van der Waals surface area (Å²) in [5.74, 6) is 1.34. The smallest absolute Gasteiger partial charge is 0.419 e. The molecule has 0 saturated heterocycles. The van der Waals surface area contributed by atoms with Crippen LogP contribution in [0.3, 0.4) is 0 Å². The number of aliphatic hydroxyl groups excluding tert-OH is 1. The molecule has 3 heterocycles. The summed E-state index contributed by atoms with van der Waals surface area (Å²) < 4.78 is 33.1. The van der Waals surface area contributed by atoms with Gasteiger partial charge in [-0.05, 0) is 170 Å². The lowest BCUT2D eigenvalue weighted by molar-refractivity contribution is -0.141. The molecule has 2 aliphatic heterocycles. The predicted molar refractivity (Wildman–Crippen MR) is 259 cm³/mol. The topological polar surface area (TPSA) is 159 Å².